The molecule has 1 aliphatic rings. The summed E-state index contributed by atoms with van der Waals surface area (Å²) in [5.74, 6) is 0.718. The van der Waals surface area contributed by atoms with E-state index < -0.39 is 10.0 Å². The molecule has 0 bridgehead atoms. The van der Waals surface area contributed by atoms with E-state index in [4.69, 9.17) is 9.47 Å². The molecule has 3 rings (SSSR count). The van der Waals surface area contributed by atoms with E-state index in [-0.39, 0.29) is 29.2 Å². The average molecular weight is 362 g/mol. The second-order valence-corrected chi connectivity index (χ2v) is 7.51. The van der Waals surface area contributed by atoms with Crippen LogP contribution in [-0.4, -0.2) is 27.2 Å². The van der Waals surface area contributed by atoms with E-state index in [0.29, 0.717) is 17.2 Å². The minimum absolute atomic E-state index is 0.00146. The molecule has 0 spiro atoms. The van der Waals surface area contributed by atoms with Crippen molar-refractivity contribution in [2.75, 3.05) is 11.5 Å². The molecular weight excluding hydrogens is 344 g/mol. The Balaban J connectivity index is 1.84. The lowest BCUT2D eigenvalue weighted by molar-refractivity contribution is 0.0943. The van der Waals surface area contributed by atoms with Crippen LogP contribution in [-0.2, 0) is 10.0 Å². The van der Waals surface area contributed by atoms with Crippen LogP contribution in [0.3, 0.4) is 0 Å². The summed E-state index contributed by atoms with van der Waals surface area (Å²) in [6.45, 7) is 3.78. The molecule has 1 heterocycles. The monoisotopic (exact) mass is 362 g/mol. The summed E-state index contributed by atoms with van der Waals surface area (Å²) in [6.07, 6.45) is 0. The molecular formula is C17H18N2O5S. The van der Waals surface area contributed by atoms with Gasteiger partial charge in [-0.15, -0.1) is 0 Å². The van der Waals surface area contributed by atoms with Crippen molar-refractivity contribution in [1.29, 1.82) is 0 Å². The van der Waals surface area contributed by atoms with Crippen LogP contribution in [0.4, 0.5) is 5.69 Å². The number of ether oxygens (including phenoxy) is 2. The van der Waals surface area contributed by atoms with Crippen LogP contribution in [0.25, 0.3) is 0 Å². The second-order valence-electron chi connectivity index (χ2n) is 5.83. The largest absolute Gasteiger partial charge is 0.454 e. The lowest BCUT2D eigenvalue weighted by Gasteiger charge is -2.11. The summed E-state index contributed by atoms with van der Waals surface area (Å²) in [4.78, 5) is 12.1. The average Bonchev–Trinajstić information content (AvgIpc) is 3.01. The zero-order valence-electron chi connectivity index (χ0n) is 13.8. The lowest BCUT2D eigenvalue weighted by Crippen LogP contribution is -2.30. The van der Waals surface area contributed by atoms with Gasteiger partial charge in [0.05, 0.1) is 10.6 Å². The van der Waals surface area contributed by atoms with E-state index in [9.17, 15) is 13.2 Å². The first-order valence-corrected chi connectivity index (χ1v) is 9.17. The molecule has 2 aromatic rings. The number of amides is 1. The van der Waals surface area contributed by atoms with Crippen molar-refractivity contribution in [3.63, 3.8) is 0 Å². The van der Waals surface area contributed by atoms with Gasteiger partial charge in [0.1, 0.15) is 0 Å². The summed E-state index contributed by atoms with van der Waals surface area (Å²) in [5.41, 5.74) is 0.628. The first-order chi connectivity index (χ1) is 11.8. The fourth-order valence-electron chi connectivity index (χ4n) is 2.32. The number of anilines is 1. The summed E-state index contributed by atoms with van der Waals surface area (Å²) >= 11 is 0. The number of carbonyl (C=O) groups excluding carboxylic acids is 1. The number of fused-ring (bicyclic) bond motifs is 1. The smallest absolute Gasteiger partial charge is 0.261 e. The summed E-state index contributed by atoms with van der Waals surface area (Å²) < 4.78 is 38.1. The van der Waals surface area contributed by atoms with Gasteiger partial charge < -0.3 is 14.8 Å². The highest BCUT2D eigenvalue weighted by Gasteiger charge is 2.19. The van der Waals surface area contributed by atoms with E-state index in [1.54, 1.807) is 24.3 Å². The van der Waals surface area contributed by atoms with Gasteiger partial charge in [-0.25, -0.2) is 8.42 Å². The van der Waals surface area contributed by atoms with Crippen molar-refractivity contribution in [2.45, 2.75) is 24.8 Å². The Hall–Kier alpha value is -2.74. The van der Waals surface area contributed by atoms with Crippen LogP contribution >= 0.6 is 0 Å². The van der Waals surface area contributed by atoms with Crippen LogP contribution in [0.2, 0.25) is 0 Å². The number of rotatable bonds is 5. The Kier molecular flexibility index (Phi) is 4.54. The van der Waals surface area contributed by atoms with Gasteiger partial charge in [-0.3, -0.25) is 9.52 Å². The molecule has 1 aliphatic heterocycles. The summed E-state index contributed by atoms with van der Waals surface area (Å²) in [6, 6.07) is 10.6. The van der Waals surface area contributed by atoms with E-state index in [0.717, 1.165) is 0 Å². The molecule has 0 atom stereocenters. The molecule has 7 nitrogen and oxygen atoms in total. The molecule has 0 saturated heterocycles. The first-order valence-electron chi connectivity index (χ1n) is 7.68. The van der Waals surface area contributed by atoms with E-state index in [1.807, 2.05) is 13.8 Å². The zero-order chi connectivity index (χ0) is 18.0. The maximum absolute atomic E-state index is 12.6. The van der Waals surface area contributed by atoms with Gasteiger partial charge in [-0.05, 0) is 44.2 Å². The van der Waals surface area contributed by atoms with Gasteiger partial charge in [0.15, 0.2) is 11.5 Å². The maximum Gasteiger partial charge on any atom is 0.261 e. The van der Waals surface area contributed by atoms with E-state index in [1.165, 1.54) is 18.2 Å². The Morgan fingerprint density at radius 2 is 1.84 bits per heavy atom. The molecule has 2 aromatic carbocycles. The highest BCUT2D eigenvalue weighted by atomic mass is 32.2. The van der Waals surface area contributed by atoms with Crippen LogP contribution in [0.15, 0.2) is 47.4 Å². The molecule has 25 heavy (non-hydrogen) atoms. The molecule has 0 aromatic heterocycles. The SMILES string of the molecule is CC(C)NC(=O)c1cccc(S(=O)(=O)Nc2ccc3c(c2)OCO3)c1. The van der Waals surface area contributed by atoms with Gasteiger partial charge in [-0.2, -0.15) is 0 Å². The standard InChI is InChI=1S/C17H18N2O5S/c1-11(2)18-17(20)12-4-3-5-14(8-12)25(21,22)19-13-6-7-15-16(9-13)24-10-23-15/h3-9,11,19H,10H2,1-2H3,(H,18,20). The quantitative estimate of drug-likeness (QED) is 0.852. The molecule has 0 aliphatic carbocycles. The molecule has 8 heteroatoms. The van der Waals surface area contributed by atoms with Gasteiger partial charge in [-0.1, -0.05) is 6.07 Å². The van der Waals surface area contributed by atoms with Crippen molar-refractivity contribution < 1.29 is 22.7 Å². The third kappa shape index (κ3) is 3.85. The number of hydrogen-bond acceptors (Lipinski definition) is 5. The first kappa shape index (κ1) is 17.1. The predicted octanol–water partition coefficient (Wildman–Crippen LogP) is 2.35. The highest BCUT2D eigenvalue weighted by Crippen LogP contribution is 2.34. The van der Waals surface area contributed by atoms with E-state index in [2.05, 4.69) is 10.0 Å². The van der Waals surface area contributed by atoms with Crippen molar-refractivity contribution in [3.8, 4) is 11.5 Å². The Bertz CT molecular complexity index is 909. The number of sulfonamides is 1. The van der Waals surface area contributed by atoms with Crippen LogP contribution < -0.4 is 19.5 Å². The topological polar surface area (TPSA) is 93.7 Å². The van der Waals surface area contributed by atoms with Crippen molar-refractivity contribution in [1.82, 2.24) is 5.32 Å². The van der Waals surface area contributed by atoms with Gasteiger partial charge in [0.25, 0.3) is 15.9 Å². The normalized spacial score (nSPS) is 12.9. The molecule has 0 fully saturated rings. The highest BCUT2D eigenvalue weighted by molar-refractivity contribution is 7.92. The predicted molar refractivity (Wildman–Crippen MR) is 92.4 cm³/mol. The molecule has 0 radical (unpaired) electrons. The minimum Gasteiger partial charge on any atom is -0.454 e. The third-order valence-electron chi connectivity index (χ3n) is 3.45. The fraction of sp³-hybridized carbons (Fsp3) is 0.235. The van der Waals surface area contributed by atoms with Crippen LogP contribution in [0.1, 0.15) is 24.2 Å². The molecule has 0 saturated carbocycles. The third-order valence-corrected chi connectivity index (χ3v) is 4.83. The van der Waals surface area contributed by atoms with Crippen molar-refractivity contribution >= 4 is 21.6 Å². The van der Waals surface area contributed by atoms with Gasteiger partial charge in [0.2, 0.25) is 6.79 Å². The van der Waals surface area contributed by atoms with E-state index >= 15 is 0 Å². The lowest BCUT2D eigenvalue weighted by atomic mass is 10.2. The van der Waals surface area contributed by atoms with Gasteiger partial charge in [0, 0.05) is 17.7 Å². The van der Waals surface area contributed by atoms with Crippen molar-refractivity contribution in [2.24, 2.45) is 0 Å². The number of carbonyl (C=O) groups is 1. The second kappa shape index (κ2) is 6.64. The van der Waals surface area contributed by atoms with Crippen LogP contribution in [0, 0.1) is 0 Å². The number of nitrogens with one attached hydrogen (secondary N) is 2. The summed E-state index contributed by atoms with van der Waals surface area (Å²) in [7, 11) is -3.84. The minimum atomic E-state index is -3.84. The van der Waals surface area contributed by atoms with Gasteiger partial charge >= 0.3 is 0 Å². The fourth-order valence-corrected chi connectivity index (χ4v) is 3.42. The Labute approximate surface area is 146 Å². The Morgan fingerprint density at radius 3 is 2.60 bits per heavy atom. The van der Waals surface area contributed by atoms with Crippen molar-refractivity contribution in [3.05, 3.63) is 48.0 Å². The molecule has 2 N–H and O–H groups in total. The molecule has 1 amide bonds. The number of benzene rings is 2. The number of hydrogen-bond donors (Lipinski definition) is 2. The maximum atomic E-state index is 12.6. The summed E-state index contributed by atoms with van der Waals surface area (Å²) in [5, 5.41) is 2.73. The Morgan fingerprint density at radius 1 is 1.08 bits per heavy atom. The zero-order valence-corrected chi connectivity index (χ0v) is 14.6. The molecule has 0 unspecified atom stereocenters. The molecule has 132 valence electrons. The van der Waals surface area contributed by atoms with Crippen LogP contribution in [0.5, 0.6) is 11.5 Å².